The molecule has 3 nitrogen and oxygen atoms in total. The number of hydrogen-bond donors (Lipinski definition) is 0. The van der Waals surface area contributed by atoms with Gasteiger partial charge < -0.3 is 9.53 Å². The van der Waals surface area contributed by atoms with E-state index < -0.39 is 0 Å². The largest absolute Gasteiger partial charge is 0.466 e. The third-order valence-electron chi connectivity index (χ3n) is 1.01. The number of hydrogen-bond acceptors (Lipinski definition) is 3. The molecule has 0 radical (unpaired) electrons. The van der Waals surface area contributed by atoms with Crippen LogP contribution in [0.4, 0.5) is 0 Å². The van der Waals surface area contributed by atoms with Crippen molar-refractivity contribution in [3.05, 3.63) is 0 Å². The van der Waals surface area contributed by atoms with Gasteiger partial charge in [-0.15, -0.1) is 0 Å². The fraction of sp³-hybridized carbons (Fsp3) is 0.778. The predicted octanol–water partition coefficient (Wildman–Crippen LogP) is 1.94. The van der Waals surface area contributed by atoms with Crippen LogP contribution in [0.25, 0.3) is 0 Å². The average molecular weight is 174 g/mol. The second-order valence-corrected chi connectivity index (χ2v) is 2.40. The molecule has 3 heteroatoms. The fourth-order valence-electron chi connectivity index (χ4n) is 0.246. The molecule has 0 N–H and O–H groups in total. The molecule has 0 amide bonds. The molecule has 0 aliphatic rings. The molecule has 0 saturated heterocycles. The van der Waals surface area contributed by atoms with Crippen LogP contribution in [0, 0.1) is 0 Å². The number of esters is 1. The lowest BCUT2D eigenvalue weighted by Crippen LogP contribution is -1.98. The van der Waals surface area contributed by atoms with Crippen molar-refractivity contribution < 1.29 is 14.3 Å². The number of carbonyl (C=O) groups is 2. The predicted molar refractivity (Wildman–Crippen MR) is 47.9 cm³/mol. The third kappa shape index (κ3) is 22.9. The molecule has 0 unspecified atom stereocenters. The van der Waals surface area contributed by atoms with Crippen LogP contribution in [0.2, 0.25) is 0 Å². The molecule has 0 spiro atoms. The Labute approximate surface area is 74.1 Å². The molecule has 0 aliphatic carbocycles. The van der Waals surface area contributed by atoms with Gasteiger partial charge >= 0.3 is 5.97 Å². The lowest BCUT2D eigenvalue weighted by Gasteiger charge is -1.93. The maximum Gasteiger partial charge on any atom is 0.302 e. The number of ether oxygens (including phenoxy) is 1. The van der Waals surface area contributed by atoms with Gasteiger partial charge in [0, 0.05) is 13.3 Å². The van der Waals surface area contributed by atoms with Crippen LogP contribution < -0.4 is 0 Å². The second-order valence-electron chi connectivity index (χ2n) is 2.40. The Kier molecular flexibility index (Phi) is 11.6. The summed E-state index contributed by atoms with van der Waals surface area (Å²) in [5.74, 6) is 0.0619. The van der Waals surface area contributed by atoms with E-state index in [4.69, 9.17) is 0 Å². The minimum atomic E-state index is -0.193. The zero-order valence-corrected chi connectivity index (χ0v) is 8.35. The summed E-state index contributed by atoms with van der Waals surface area (Å²) in [6.07, 6.45) is 1.57. The van der Waals surface area contributed by atoms with E-state index >= 15 is 0 Å². The van der Waals surface area contributed by atoms with E-state index in [0.717, 1.165) is 6.42 Å². The van der Waals surface area contributed by atoms with Crippen LogP contribution in [-0.2, 0) is 14.3 Å². The van der Waals surface area contributed by atoms with E-state index in [1.54, 1.807) is 6.92 Å². The SMILES string of the molecule is CCC(C)=O.CCCOC(C)=O. The number of Topliss-reactive ketones (excluding diaryl/α,β-unsaturated/α-hetero) is 1. The average Bonchev–Trinajstić information content (AvgIpc) is 2.02. The molecule has 12 heavy (non-hydrogen) atoms. The van der Waals surface area contributed by atoms with Crippen LogP contribution in [0.3, 0.4) is 0 Å². The highest BCUT2D eigenvalue weighted by Crippen LogP contribution is 1.78. The summed E-state index contributed by atoms with van der Waals surface area (Å²) in [7, 11) is 0. The molecule has 0 aromatic heterocycles. The van der Waals surface area contributed by atoms with Crippen molar-refractivity contribution in [3.63, 3.8) is 0 Å². The minimum absolute atomic E-state index is 0.193. The van der Waals surface area contributed by atoms with Crippen LogP contribution in [0.5, 0.6) is 0 Å². The lowest BCUT2D eigenvalue weighted by atomic mass is 10.4. The Morgan fingerprint density at radius 3 is 1.67 bits per heavy atom. The summed E-state index contributed by atoms with van der Waals surface area (Å²) in [4.78, 5) is 19.8. The Bertz CT molecular complexity index is 130. The maximum absolute atomic E-state index is 9.98. The van der Waals surface area contributed by atoms with Gasteiger partial charge in [0.2, 0.25) is 0 Å². The summed E-state index contributed by atoms with van der Waals surface area (Å²) < 4.78 is 4.55. The minimum Gasteiger partial charge on any atom is -0.466 e. The first-order chi connectivity index (χ1) is 5.54. The molecule has 0 saturated carbocycles. The molecule has 0 bridgehead atoms. The first-order valence-electron chi connectivity index (χ1n) is 4.17. The van der Waals surface area contributed by atoms with Gasteiger partial charge in [0.05, 0.1) is 6.61 Å². The van der Waals surface area contributed by atoms with E-state index in [-0.39, 0.29) is 11.8 Å². The summed E-state index contributed by atoms with van der Waals surface area (Å²) in [6.45, 7) is 7.36. The molecule has 0 fully saturated rings. The molecule has 0 atom stereocenters. The summed E-state index contributed by atoms with van der Waals surface area (Å²) in [6, 6.07) is 0. The summed E-state index contributed by atoms with van der Waals surface area (Å²) >= 11 is 0. The van der Waals surface area contributed by atoms with Crippen molar-refractivity contribution in [2.75, 3.05) is 6.61 Å². The zero-order valence-electron chi connectivity index (χ0n) is 8.35. The molecule has 72 valence electrons. The third-order valence-corrected chi connectivity index (χ3v) is 1.01. The molecule has 0 aromatic carbocycles. The van der Waals surface area contributed by atoms with Crippen molar-refractivity contribution in [2.45, 2.75) is 40.5 Å². The van der Waals surface area contributed by atoms with Gasteiger partial charge in [-0.2, -0.15) is 0 Å². The Morgan fingerprint density at radius 2 is 1.58 bits per heavy atom. The van der Waals surface area contributed by atoms with Crippen LogP contribution in [0.1, 0.15) is 40.5 Å². The van der Waals surface area contributed by atoms with Crippen molar-refractivity contribution in [2.24, 2.45) is 0 Å². The summed E-state index contributed by atoms with van der Waals surface area (Å²) in [5, 5.41) is 0. The van der Waals surface area contributed by atoms with Crippen molar-refractivity contribution >= 4 is 11.8 Å². The first kappa shape index (κ1) is 13.7. The summed E-state index contributed by atoms with van der Waals surface area (Å²) in [5.41, 5.74) is 0. The van der Waals surface area contributed by atoms with E-state index in [2.05, 4.69) is 4.74 Å². The quantitative estimate of drug-likeness (QED) is 0.614. The Morgan fingerprint density at radius 1 is 1.17 bits per heavy atom. The molecule has 0 rings (SSSR count). The van der Waals surface area contributed by atoms with Crippen molar-refractivity contribution in [3.8, 4) is 0 Å². The fourth-order valence-corrected chi connectivity index (χ4v) is 0.246. The lowest BCUT2D eigenvalue weighted by molar-refractivity contribution is -0.140. The van der Waals surface area contributed by atoms with Crippen molar-refractivity contribution in [1.29, 1.82) is 0 Å². The van der Waals surface area contributed by atoms with Gasteiger partial charge in [-0.05, 0) is 13.3 Å². The number of carbonyl (C=O) groups excluding carboxylic acids is 2. The van der Waals surface area contributed by atoms with Gasteiger partial charge in [0.15, 0.2) is 0 Å². The zero-order chi connectivity index (χ0) is 9.98. The Balaban J connectivity index is 0. The smallest absolute Gasteiger partial charge is 0.302 e. The van der Waals surface area contributed by atoms with Crippen LogP contribution >= 0.6 is 0 Å². The van der Waals surface area contributed by atoms with Gasteiger partial charge in [0.25, 0.3) is 0 Å². The molecule has 0 aliphatic heterocycles. The maximum atomic E-state index is 9.98. The molecule has 0 aromatic rings. The normalized spacial score (nSPS) is 8.00. The standard InChI is InChI=1S/C5H10O2.C4H8O/c1-3-4-7-5(2)6;1-3-4(2)5/h3-4H2,1-2H3;3H2,1-2H3. The van der Waals surface area contributed by atoms with Crippen LogP contribution in [-0.4, -0.2) is 18.4 Å². The first-order valence-corrected chi connectivity index (χ1v) is 4.17. The van der Waals surface area contributed by atoms with Gasteiger partial charge in [-0.3, -0.25) is 4.79 Å². The highest BCUT2D eigenvalue weighted by Gasteiger charge is 1.85. The van der Waals surface area contributed by atoms with E-state index in [9.17, 15) is 9.59 Å². The van der Waals surface area contributed by atoms with E-state index in [0.29, 0.717) is 13.0 Å². The highest BCUT2D eigenvalue weighted by atomic mass is 16.5. The number of rotatable bonds is 3. The van der Waals surface area contributed by atoms with Gasteiger partial charge in [0.1, 0.15) is 5.78 Å². The molecular weight excluding hydrogens is 156 g/mol. The molecular formula is C9H18O3. The van der Waals surface area contributed by atoms with Gasteiger partial charge in [-0.25, -0.2) is 0 Å². The van der Waals surface area contributed by atoms with Crippen LogP contribution in [0.15, 0.2) is 0 Å². The van der Waals surface area contributed by atoms with Gasteiger partial charge in [-0.1, -0.05) is 13.8 Å². The Hall–Kier alpha value is -0.860. The highest BCUT2D eigenvalue weighted by molar-refractivity contribution is 5.74. The van der Waals surface area contributed by atoms with E-state index in [1.165, 1.54) is 6.92 Å². The second kappa shape index (κ2) is 10.1. The van der Waals surface area contributed by atoms with E-state index in [1.807, 2.05) is 13.8 Å². The van der Waals surface area contributed by atoms with Crippen molar-refractivity contribution in [1.82, 2.24) is 0 Å². The monoisotopic (exact) mass is 174 g/mol. The topological polar surface area (TPSA) is 43.4 Å². The number of ketones is 1. The molecule has 0 heterocycles.